The van der Waals surface area contributed by atoms with Crippen LogP contribution in [0.4, 0.5) is 9.52 Å². The number of aromatic nitrogens is 1. The first-order valence-electron chi connectivity index (χ1n) is 11.9. The molecular weight excluding hydrogens is 523 g/mol. The molecule has 2 aromatic carbocycles. The highest BCUT2D eigenvalue weighted by Gasteiger charge is 2.32. The molecule has 1 aromatic heterocycles. The first-order chi connectivity index (χ1) is 16.7. The number of rotatable bonds is 8. The number of nitrogens with zero attached hydrogens (tertiary/aromatic N) is 4. The van der Waals surface area contributed by atoms with Gasteiger partial charge in [0, 0.05) is 31.2 Å². The first kappa shape index (κ1) is 28.5. The fourth-order valence-corrected chi connectivity index (χ4v) is 7.13. The normalized spacial score (nSPS) is 16.8. The van der Waals surface area contributed by atoms with Crippen molar-refractivity contribution in [1.82, 2.24) is 14.2 Å². The molecule has 1 fully saturated rings. The topological polar surface area (TPSA) is 73.8 Å². The molecule has 11 heteroatoms. The van der Waals surface area contributed by atoms with Crippen LogP contribution in [0.15, 0.2) is 47.4 Å². The molecule has 0 aliphatic carbocycles. The highest BCUT2D eigenvalue weighted by molar-refractivity contribution is 7.89. The maximum absolute atomic E-state index is 14.2. The third-order valence-electron chi connectivity index (χ3n) is 6.36. The molecule has 196 valence electrons. The standard InChI is InChI=1S/C25H31FN4O3S2.ClH/c1-4-19-8-5-6-15-30(19)35(32,33)20-13-11-18(12-14-20)24(31)29(17-16-28(2)3)25-27-23-21(26)9-7-10-22(23)34-25;/h7,9-14,19H,4-6,8,15-17H2,1-3H3;1H. The lowest BCUT2D eigenvalue weighted by atomic mass is 10.0. The van der Waals surface area contributed by atoms with Crippen LogP contribution in [0.1, 0.15) is 43.0 Å². The molecule has 1 atom stereocenters. The van der Waals surface area contributed by atoms with Gasteiger partial charge in [0.1, 0.15) is 11.3 Å². The van der Waals surface area contributed by atoms with Crippen LogP contribution in [-0.2, 0) is 10.0 Å². The molecule has 0 bridgehead atoms. The quantitative estimate of drug-likeness (QED) is 0.391. The van der Waals surface area contributed by atoms with E-state index in [1.165, 1.54) is 34.4 Å². The Hall–Kier alpha value is -2.11. The second kappa shape index (κ2) is 12.0. The molecule has 0 saturated carbocycles. The summed E-state index contributed by atoms with van der Waals surface area (Å²) in [6.45, 7) is 3.48. The average Bonchev–Trinajstić information content (AvgIpc) is 3.29. The van der Waals surface area contributed by atoms with Gasteiger partial charge < -0.3 is 4.90 Å². The predicted octanol–water partition coefficient (Wildman–Crippen LogP) is 5.02. The summed E-state index contributed by atoms with van der Waals surface area (Å²) in [6.07, 6.45) is 3.54. The van der Waals surface area contributed by atoms with Crippen molar-refractivity contribution < 1.29 is 17.6 Å². The van der Waals surface area contributed by atoms with Gasteiger partial charge in [0.15, 0.2) is 5.13 Å². The Labute approximate surface area is 222 Å². The van der Waals surface area contributed by atoms with Crippen molar-refractivity contribution in [2.75, 3.05) is 38.6 Å². The number of fused-ring (bicyclic) bond motifs is 1. The van der Waals surface area contributed by atoms with Crippen molar-refractivity contribution in [1.29, 1.82) is 0 Å². The van der Waals surface area contributed by atoms with Gasteiger partial charge in [0.05, 0.1) is 9.60 Å². The van der Waals surface area contributed by atoms with Gasteiger partial charge >= 0.3 is 0 Å². The SMILES string of the molecule is CCC1CCCCN1S(=O)(=O)c1ccc(C(=O)N(CCN(C)C)c2nc3c(F)cccc3s2)cc1.Cl. The Kier molecular flexibility index (Phi) is 9.45. The van der Waals surface area contributed by atoms with E-state index in [1.54, 1.807) is 28.6 Å². The number of thiazole rings is 1. The monoisotopic (exact) mass is 554 g/mol. The van der Waals surface area contributed by atoms with Crippen molar-refractivity contribution in [3.8, 4) is 0 Å². The van der Waals surface area contributed by atoms with Gasteiger partial charge in [0.25, 0.3) is 5.91 Å². The summed E-state index contributed by atoms with van der Waals surface area (Å²) in [4.78, 5) is 21.6. The largest absolute Gasteiger partial charge is 0.308 e. The molecule has 4 rings (SSSR count). The number of benzene rings is 2. The van der Waals surface area contributed by atoms with Crippen LogP contribution < -0.4 is 4.90 Å². The van der Waals surface area contributed by atoms with Crippen LogP contribution in [0.5, 0.6) is 0 Å². The third kappa shape index (κ3) is 5.89. The predicted molar refractivity (Wildman–Crippen MR) is 145 cm³/mol. The van der Waals surface area contributed by atoms with E-state index in [2.05, 4.69) is 4.98 Å². The summed E-state index contributed by atoms with van der Waals surface area (Å²) in [5, 5.41) is 0.410. The van der Waals surface area contributed by atoms with Gasteiger partial charge in [-0.1, -0.05) is 30.7 Å². The van der Waals surface area contributed by atoms with E-state index in [1.807, 2.05) is 25.9 Å². The molecule has 1 saturated heterocycles. The van der Waals surface area contributed by atoms with Crippen molar-refractivity contribution in [3.63, 3.8) is 0 Å². The molecule has 1 amide bonds. The van der Waals surface area contributed by atoms with Gasteiger partial charge in [-0.25, -0.2) is 17.8 Å². The summed E-state index contributed by atoms with van der Waals surface area (Å²) >= 11 is 1.26. The lowest BCUT2D eigenvalue weighted by molar-refractivity contribution is 0.0985. The first-order valence-corrected chi connectivity index (χ1v) is 14.1. The van der Waals surface area contributed by atoms with E-state index in [0.717, 1.165) is 25.7 Å². The molecule has 1 unspecified atom stereocenters. The Balaban J connectivity index is 0.00000361. The zero-order valence-corrected chi connectivity index (χ0v) is 23.1. The van der Waals surface area contributed by atoms with Crippen LogP contribution in [0.3, 0.4) is 0 Å². The third-order valence-corrected chi connectivity index (χ3v) is 9.37. The molecule has 7 nitrogen and oxygen atoms in total. The molecular formula is C25H32ClFN4O3S2. The van der Waals surface area contributed by atoms with Gasteiger partial charge in [-0.3, -0.25) is 9.69 Å². The van der Waals surface area contributed by atoms with Crippen molar-refractivity contribution >= 4 is 55.0 Å². The van der Waals surface area contributed by atoms with E-state index in [4.69, 9.17) is 0 Å². The van der Waals surface area contributed by atoms with E-state index >= 15 is 0 Å². The summed E-state index contributed by atoms with van der Waals surface area (Å²) < 4.78 is 43.1. The number of piperidine rings is 1. The number of para-hydroxylation sites is 1. The molecule has 3 aromatic rings. The fourth-order valence-electron chi connectivity index (χ4n) is 4.36. The van der Waals surface area contributed by atoms with Crippen molar-refractivity contribution in [2.24, 2.45) is 0 Å². The molecule has 0 spiro atoms. The van der Waals surface area contributed by atoms with Crippen LogP contribution in [0.25, 0.3) is 10.2 Å². The number of carbonyl (C=O) groups excluding carboxylic acids is 1. The van der Waals surface area contributed by atoms with Gasteiger partial charge in [-0.15, -0.1) is 12.4 Å². The number of likely N-dealkylation sites (N-methyl/N-ethyl adjacent to an activating group) is 1. The maximum Gasteiger partial charge on any atom is 0.260 e. The second-order valence-corrected chi connectivity index (χ2v) is 11.9. The molecule has 36 heavy (non-hydrogen) atoms. The fraction of sp³-hybridized carbons (Fsp3) is 0.440. The van der Waals surface area contributed by atoms with E-state index < -0.39 is 15.8 Å². The minimum atomic E-state index is -3.63. The van der Waals surface area contributed by atoms with Gasteiger partial charge in [0.2, 0.25) is 10.0 Å². The smallest absolute Gasteiger partial charge is 0.260 e. The minimum absolute atomic E-state index is 0. The van der Waals surface area contributed by atoms with Crippen molar-refractivity contribution in [2.45, 2.75) is 43.5 Å². The molecule has 1 aliphatic rings. The number of hydrogen-bond acceptors (Lipinski definition) is 6. The summed E-state index contributed by atoms with van der Waals surface area (Å²) in [7, 11) is 0.183. The number of halogens is 2. The van der Waals surface area contributed by atoms with Gasteiger partial charge in [-0.2, -0.15) is 4.31 Å². The van der Waals surface area contributed by atoms with Crippen LogP contribution in [0, 0.1) is 5.82 Å². The number of sulfonamides is 1. The van der Waals surface area contributed by atoms with Crippen LogP contribution in [0.2, 0.25) is 0 Å². The second-order valence-electron chi connectivity index (χ2n) is 9.04. The van der Waals surface area contributed by atoms with Crippen LogP contribution >= 0.6 is 23.7 Å². The molecule has 2 heterocycles. The Morgan fingerprint density at radius 1 is 1.14 bits per heavy atom. The lowest BCUT2D eigenvalue weighted by Crippen LogP contribution is -2.43. The zero-order valence-electron chi connectivity index (χ0n) is 20.7. The Morgan fingerprint density at radius 2 is 1.86 bits per heavy atom. The van der Waals surface area contributed by atoms with Crippen molar-refractivity contribution in [3.05, 3.63) is 53.8 Å². The summed E-state index contributed by atoms with van der Waals surface area (Å²) in [6, 6.07) is 10.9. The zero-order chi connectivity index (χ0) is 25.2. The van der Waals surface area contributed by atoms with E-state index in [-0.39, 0.29) is 34.8 Å². The molecule has 0 N–H and O–H groups in total. The maximum atomic E-state index is 14.2. The van der Waals surface area contributed by atoms with Crippen LogP contribution in [-0.4, -0.2) is 68.3 Å². The summed E-state index contributed by atoms with van der Waals surface area (Å²) in [5.41, 5.74) is 0.594. The number of anilines is 1. The number of amides is 1. The Morgan fingerprint density at radius 3 is 2.50 bits per heavy atom. The molecule has 1 aliphatic heterocycles. The lowest BCUT2D eigenvalue weighted by Gasteiger charge is -2.34. The summed E-state index contributed by atoms with van der Waals surface area (Å²) in [5.74, 6) is -0.734. The minimum Gasteiger partial charge on any atom is -0.308 e. The highest BCUT2D eigenvalue weighted by atomic mass is 35.5. The van der Waals surface area contributed by atoms with E-state index in [0.29, 0.717) is 35.0 Å². The molecule has 0 radical (unpaired) electrons. The Bertz CT molecular complexity index is 1300. The van der Waals surface area contributed by atoms with Gasteiger partial charge in [-0.05, 0) is 69.8 Å². The number of carbonyl (C=O) groups is 1. The van der Waals surface area contributed by atoms with E-state index in [9.17, 15) is 17.6 Å². The average molecular weight is 555 g/mol. The number of hydrogen-bond donors (Lipinski definition) is 0. The highest BCUT2D eigenvalue weighted by Crippen LogP contribution is 2.32.